The van der Waals surface area contributed by atoms with Gasteiger partial charge in [0.2, 0.25) is 0 Å². The van der Waals surface area contributed by atoms with Crippen molar-refractivity contribution < 1.29 is 4.74 Å². The minimum absolute atomic E-state index is 0.225. The van der Waals surface area contributed by atoms with Crippen LogP contribution >= 0.6 is 0 Å². The molecular weight excluding hydrogens is 208 g/mol. The molecule has 1 heterocycles. The highest BCUT2D eigenvalue weighted by molar-refractivity contribution is 5.05. The molecule has 0 aromatic carbocycles. The van der Waals surface area contributed by atoms with Gasteiger partial charge in [-0.15, -0.1) is 0 Å². The van der Waals surface area contributed by atoms with Crippen molar-refractivity contribution in [2.75, 3.05) is 6.61 Å². The fraction of sp³-hybridized carbons (Fsp3) is 1.00. The molecule has 3 fully saturated rings. The zero-order chi connectivity index (χ0) is 12.3. The lowest BCUT2D eigenvalue weighted by molar-refractivity contribution is -0.117. The van der Waals surface area contributed by atoms with Crippen molar-refractivity contribution in [3.8, 4) is 0 Å². The molecule has 0 bridgehead atoms. The van der Waals surface area contributed by atoms with E-state index in [1.54, 1.807) is 0 Å². The molecule has 3 aliphatic rings. The maximum absolute atomic E-state index is 6.11. The Morgan fingerprint density at radius 3 is 2.47 bits per heavy atom. The molecule has 2 unspecified atom stereocenters. The molecule has 2 saturated carbocycles. The van der Waals surface area contributed by atoms with E-state index in [1.807, 2.05) is 0 Å². The number of rotatable bonds is 0. The molecule has 0 spiro atoms. The molecule has 0 radical (unpaired) electrons. The van der Waals surface area contributed by atoms with E-state index in [-0.39, 0.29) is 5.60 Å². The van der Waals surface area contributed by atoms with Crippen molar-refractivity contribution in [3.05, 3.63) is 0 Å². The zero-order valence-electron chi connectivity index (χ0n) is 12.0. The fourth-order valence-corrected chi connectivity index (χ4v) is 5.29. The number of hydrogen-bond donors (Lipinski definition) is 0. The average Bonchev–Trinajstić information content (AvgIpc) is 2.65. The van der Waals surface area contributed by atoms with E-state index in [1.165, 1.54) is 32.1 Å². The van der Waals surface area contributed by atoms with Gasteiger partial charge in [0.1, 0.15) is 0 Å². The summed E-state index contributed by atoms with van der Waals surface area (Å²) < 4.78 is 6.11. The van der Waals surface area contributed by atoms with E-state index >= 15 is 0 Å². The first kappa shape index (κ1) is 12.0. The summed E-state index contributed by atoms with van der Waals surface area (Å²) in [6, 6.07) is 0. The second-order valence-electron chi connectivity index (χ2n) is 7.78. The van der Waals surface area contributed by atoms with Gasteiger partial charge in [-0.1, -0.05) is 20.8 Å². The molecule has 1 heteroatoms. The van der Waals surface area contributed by atoms with Crippen molar-refractivity contribution >= 4 is 0 Å². The van der Waals surface area contributed by atoms with E-state index < -0.39 is 0 Å². The Morgan fingerprint density at radius 2 is 1.71 bits per heavy atom. The van der Waals surface area contributed by atoms with Gasteiger partial charge in [0.25, 0.3) is 0 Å². The summed E-state index contributed by atoms with van der Waals surface area (Å²) in [4.78, 5) is 0. The maximum atomic E-state index is 6.11. The summed E-state index contributed by atoms with van der Waals surface area (Å²) in [6.07, 6.45) is 6.88. The van der Waals surface area contributed by atoms with Gasteiger partial charge in [-0.2, -0.15) is 0 Å². The first-order valence-corrected chi connectivity index (χ1v) is 7.58. The van der Waals surface area contributed by atoms with Crippen molar-refractivity contribution in [1.29, 1.82) is 0 Å². The lowest BCUT2D eigenvalue weighted by Gasteiger charge is -2.56. The highest BCUT2D eigenvalue weighted by Gasteiger charge is 2.56. The first-order valence-electron chi connectivity index (χ1n) is 7.58. The second-order valence-corrected chi connectivity index (χ2v) is 7.78. The van der Waals surface area contributed by atoms with Gasteiger partial charge >= 0.3 is 0 Å². The molecule has 0 aromatic rings. The van der Waals surface area contributed by atoms with Crippen LogP contribution in [0.1, 0.15) is 59.8 Å². The van der Waals surface area contributed by atoms with Crippen LogP contribution in [0.5, 0.6) is 0 Å². The minimum atomic E-state index is 0.225. The standard InChI is InChI=1S/C16H28O/c1-11-5-8-15(2,3)12-6-9-16(4)13(14(11)12)7-10-17-16/h11-14H,5-10H2,1-4H3/t11?,12-,13?,14-,16+/m1/s1. The molecule has 0 N–H and O–H groups in total. The van der Waals surface area contributed by atoms with E-state index in [9.17, 15) is 0 Å². The van der Waals surface area contributed by atoms with Crippen molar-refractivity contribution in [3.63, 3.8) is 0 Å². The first-order chi connectivity index (χ1) is 7.94. The van der Waals surface area contributed by atoms with E-state index in [0.29, 0.717) is 5.41 Å². The molecule has 0 amide bonds. The molecule has 1 saturated heterocycles. The van der Waals surface area contributed by atoms with Crippen molar-refractivity contribution in [2.24, 2.45) is 29.1 Å². The lowest BCUT2D eigenvalue weighted by Crippen LogP contribution is -2.52. The van der Waals surface area contributed by atoms with Gasteiger partial charge in [0.05, 0.1) is 5.60 Å². The number of ether oxygens (including phenoxy) is 1. The van der Waals surface area contributed by atoms with Crippen LogP contribution in [0.15, 0.2) is 0 Å². The Labute approximate surface area is 106 Å². The predicted octanol–water partition coefficient (Wildman–Crippen LogP) is 4.26. The van der Waals surface area contributed by atoms with Gasteiger partial charge in [-0.25, -0.2) is 0 Å². The number of hydrogen-bond acceptors (Lipinski definition) is 1. The smallest absolute Gasteiger partial charge is 0.0686 e. The third kappa shape index (κ3) is 1.69. The quantitative estimate of drug-likeness (QED) is 0.610. The van der Waals surface area contributed by atoms with Gasteiger partial charge in [0.15, 0.2) is 0 Å². The molecule has 1 nitrogen and oxygen atoms in total. The van der Waals surface area contributed by atoms with Gasteiger partial charge < -0.3 is 4.74 Å². The molecule has 2 aliphatic carbocycles. The highest BCUT2D eigenvalue weighted by atomic mass is 16.5. The summed E-state index contributed by atoms with van der Waals surface area (Å²) in [6.45, 7) is 10.9. The Balaban J connectivity index is 1.93. The van der Waals surface area contributed by atoms with Gasteiger partial charge in [-0.3, -0.25) is 0 Å². The van der Waals surface area contributed by atoms with Crippen LogP contribution in [0.2, 0.25) is 0 Å². The third-order valence-electron chi connectivity index (χ3n) is 6.43. The molecular formula is C16H28O. The zero-order valence-corrected chi connectivity index (χ0v) is 12.0. The Bertz CT molecular complexity index is 307. The summed E-state index contributed by atoms with van der Waals surface area (Å²) >= 11 is 0. The Hall–Kier alpha value is -0.0400. The maximum Gasteiger partial charge on any atom is 0.0686 e. The molecule has 0 aromatic heterocycles. The van der Waals surface area contributed by atoms with Crippen LogP contribution in [0.25, 0.3) is 0 Å². The van der Waals surface area contributed by atoms with E-state index in [2.05, 4.69) is 27.7 Å². The van der Waals surface area contributed by atoms with Crippen LogP contribution < -0.4 is 0 Å². The van der Waals surface area contributed by atoms with Crippen LogP contribution in [0, 0.1) is 29.1 Å². The summed E-state index contributed by atoms with van der Waals surface area (Å²) in [7, 11) is 0. The molecule has 1 aliphatic heterocycles. The Morgan fingerprint density at radius 1 is 0.941 bits per heavy atom. The molecule has 17 heavy (non-hydrogen) atoms. The van der Waals surface area contributed by atoms with Gasteiger partial charge in [0, 0.05) is 6.61 Å². The monoisotopic (exact) mass is 236 g/mol. The van der Waals surface area contributed by atoms with Crippen LogP contribution in [-0.2, 0) is 4.74 Å². The molecule has 98 valence electrons. The summed E-state index contributed by atoms with van der Waals surface area (Å²) in [5.74, 6) is 3.64. The van der Waals surface area contributed by atoms with Crippen molar-refractivity contribution in [2.45, 2.75) is 65.4 Å². The van der Waals surface area contributed by atoms with Crippen molar-refractivity contribution in [1.82, 2.24) is 0 Å². The number of fused-ring (bicyclic) bond motifs is 3. The lowest BCUT2D eigenvalue weighted by atomic mass is 9.50. The predicted molar refractivity (Wildman–Crippen MR) is 70.9 cm³/mol. The van der Waals surface area contributed by atoms with E-state index in [4.69, 9.17) is 4.74 Å². The van der Waals surface area contributed by atoms with Crippen LogP contribution in [0.4, 0.5) is 0 Å². The normalized spacial score (nSPS) is 52.9. The minimum Gasteiger partial charge on any atom is -0.375 e. The highest BCUT2D eigenvalue weighted by Crippen LogP contribution is 2.59. The second kappa shape index (κ2) is 3.73. The van der Waals surface area contributed by atoms with Crippen LogP contribution in [0.3, 0.4) is 0 Å². The van der Waals surface area contributed by atoms with Gasteiger partial charge in [-0.05, 0) is 68.1 Å². The van der Waals surface area contributed by atoms with Crippen LogP contribution in [-0.4, -0.2) is 12.2 Å². The fourth-order valence-electron chi connectivity index (χ4n) is 5.29. The summed E-state index contributed by atoms with van der Waals surface area (Å²) in [5, 5.41) is 0. The largest absolute Gasteiger partial charge is 0.375 e. The topological polar surface area (TPSA) is 9.23 Å². The molecule has 5 atom stereocenters. The average molecular weight is 236 g/mol. The summed E-state index contributed by atoms with van der Waals surface area (Å²) in [5.41, 5.74) is 0.796. The Kier molecular flexibility index (Phi) is 2.63. The SMILES string of the molecule is CC1CCC(C)(C)[C@@H]2CC[C@]3(C)OCCC3[C@H]12. The van der Waals surface area contributed by atoms with E-state index in [0.717, 1.165) is 30.3 Å². The molecule has 3 rings (SSSR count). The third-order valence-corrected chi connectivity index (χ3v) is 6.43.